The number of nitrogens with two attached hydrogens (primary N) is 1. The number of nitrogen functional groups attached to an aromatic ring is 1. The van der Waals surface area contributed by atoms with Gasteiger partial charge in [0, 0.05) is 23.5 Å². The van der Waals surface area contributed by atoms with Crippen molar-refractivity contribution < 1.29 is 9.90 Å². The average molecular weight is 348 g/mol. The van der Waals surface area contributed by atoms with Gasteiger partial charge in [0.05, 0.1) is 13.0 Å². The molecule has 3 heterocycles. The van der Waals surface area contributed by atoms with E-state index in [-0.39, 0.29) is 23.9 Å². The number of benzene rings is 1. The molecule has 0 unspecified atom stereocenters. The maximum atomic E-state index is 12.5. The first-order valence-electron chi connectivity index (χ1n) is 7.97. The molecule has 0 atom stereocenters. The second kappa shape index (κ2) is 5.99. The zero-order valence-corrected chi connectivity index (χ0v) is 13.8. The topological polar surface area (TPSA) is 110 Å². The van der Waals surface area contributed by atoms with Crippen LogP contribution in [0.25, 0.3) is 11.7 Å². The van der Waals surface area contributed by atoms with E-state index in [1.807, 2.05) is 6.07 Å². The largest absolute Gasteiger partial charge is 0.508 e. The van der Waals surface area contributed by atoms with Gasteiger partial charge in [-0.05, 0) is 17.7 Å². The van der Waals surface area contributed by atoms with Crippen LogP contribution in [0.4, 0.5) is 11.6 Å². The highest BCUT2D eigenvalue weighted by Gasteiger charge is 2.32. The van der Waals surface area contributed by atoms with Crippen LogP contribution in [0.1, 0.15) is 16.7 Å². The van der Waals surface area contributed by atoms with Gasteiger partial charge >= 0.3 is 0 Å². The summed E-state index contributed by atoms with van der Waals surface area (Å²) in [5, 5.41) is 13.7. The van der Waals surface area contributed by atoms with Crippen LogP contribution in [0.15, 0.2) is 49.3 Å². The highest BCUT2D eigenvalue weighted by atomic mass is 16.3. The van der Waals surface area contributed by atoms with Gasteiger partial charge in [0.25, 0.3) is 5.95 Å². The lowest BCUT2D eigenvalue weighted by Gasteiger charge is -2.17. The van der Waals surface area contributed by atoms with Crippen molar-refractivity contribution in [2.24, 2.45) is 0 Å². The minimum atomic E-state index is -0.105. The van der Waals surface area contributed by atoms with Crippen LogP contribution in [-0.4, -0.2) is 30.8 Å². The van der Waals surface area contributed by atoms with Crippen molar-refractivity contribution in [1.29, 1.82) is 0 Å². The van der Waals surface area contributed by atoms with Crippen molar-refractivity contribution in [1.82, 2.24) is 19.7 Å². The molecule has 0 radical (unpaired) electrons. The Morgan fingerprint density at radius 1 is 1.31 bits per heavy atom. The number of carbonyl (C=O) groups is 1. The van der Waals surface area contributed by atoms with Crippen LogP contribution in [0.3, 0.4) is 0 Å². The molecule has 3 N–H and O–H groups in total. The molecule has 1 aliphatic heterocycles. The summed E-state index contributed by atoms with van der Waals surface area (Å²) >= 11 is 0. The molecule has 1 aromatic carbocycles. The summed E-state index contributed by atoms with van der Waals surface area (Å²) in [6.07, 6.45) is 3.48. The Kier molecular flexibility index (Phi) is 3.65. The Labute approximate surface area is 149 Å². The Morgan fingerprint density at radius 2 is 2.15 bits per heavy atom. The second-order valence-corrected chi connectivity index (χ2v) is 5.97. The van der Waals surface area contributed by atoms with Crippen molar-refractivity contribution in [2.45, 2.75) is 13.0 Å². The maximum Gasteiger partial charge on any atom is 0.254 e. The van der Waals surface area contributed by atoms with E-state index in [9.17, 15) is 9.90 Å². The van der Waals surface area contributed by atoms with Crippen molar-refractivity contribution >= 4 is 23.3 Å². The molecule has 0 bridgehead atoms. The molecule has 0 aliphatic carbocycles. The Balaban J connectivity index is 1.73. The first kappa shape index (κ1) is 15.8. The van der Waals surface area contributed by atoms with E-state index in [1.165, 1.54) is 4.68 Å². The summed E-state index contributed by atoms with van der Waals surface area (Å²) in [7, 11) is 0. The monoisotopic (exact) mass is 348 g/mol. The Hall–Kier alpha value is -3.68. The van der Waals surface area contributed by atoms with E-state index in [0.29, 0.717) is 29.4 Å². The number of anilines is 2. The molecule has 0 spiro atoms. The number of hydrogen-bond acceptors (Lipinski definition) is 6. The SMILES string of the molecule is C=C(O)c1cccc(CN2C(=O)Cc3c(N)nc(-n4cccn4)nc32)c1. The zero-order chi connectivity index (χ0) is 18.3. The van der Waals surface area contributed by atoms with E-state index in [2.05, 4.69) is 21.6 Å². The number of aliphatic hydroxyl groups excluding tert-OH is 1. The number of carbonyl (C=O) groups excluding carboxylic acids is 1. The molecule has 26 heavy (non-hydrogen) atoms. The van der Waals surface area contributed by atoms with Crippen LogP contribution in [-0.2, 0) is 17.8 Å². The number of aliphatic hydroxyl groups is 1. The first-order chi connectivity index (χ1) is 12.5. The molecule has 2 aromatic heterocycles. The number of rotatable bonds is 4. The molecule has 3 aromatic rings. The molecule has 0 fully saturated rings. The van der Waals surface area contributed by atoms with Crippen LogP contribution < -0.4 is 10.6 Å². The first-order valence-corrected chi connectivity index (χ1v) is 7.97. The summed E-state index contributed by atoms with van der Waals surface area (Å²) in [6, 6.07) is 8.96. The van der Waals surface area contributed by atoms with Gasteiger partial charge < -0.3 is 10.8 Å². The van der Waals surface area contributed by atoms with Crippen molar-refractivity contribution in [2.75, 3.05) is 10.6 Å². The molecule has 1 amide bonds. The molecule has 8 nitrogen and oxygen atoms in total. The number of amides is 1. The van der Waals surface area contributed by atoms with Crippen molar-refractivity contribution in [3.8, 4) is 5.95 Å². The van der Waals surface area contributed by atoms with Gasteiger partial charge in [-0.2, -0.15) is 15.1 Å². The average Bonchev–Trinajstić information content (AvgIpc) is 3.25. The summed E-state index contributed by atoms with van der Waals surface area (Å²) in [4.78, 5) is 22.8. The van der Waals surface area contributed by atoms with E-state index in [0.717, 1.165) is 5.56 Å². The van der Waals surface area contributed by atoms with E-state index in [1.54, 1.807) is 41.6 Å². The molecular formula is C18H16N6O2. The standard InChI is InChI=1S/C18H16N6O2/c1-11(25)13-5-2-4-12(8-13)10-23-15(26)9-14-16(19)21-18(22-17(14)23)24-7-3-6-20-24/h2-8,25H,1,9-10H2,(H2,19,21,22). The highest BCUT2D eigenvalue weighted by Crippen LogP contribution is 2.32. The number of nitrogens with zero attached hydrogens (tertiary/aromatic N) is 5. The van der Waals surface area contributed by atoms with E-state index in [4.69, 9.17) is 5.73 Å². The lowest BCUT2D eigenvalue weighted by molar-refractivity contribution is -0.117. The van der Waals surface area contributed by atoms with Crippen LogP contribution in [0, 0.1) is 0 Å². The summed E-state index contributed by atoms with van der Waals surface area (Å²) < 4.78 is 1.49. The smallest absolute Gasteiger partial charge is 0.254 e. The lowest BCUT2D eigenvalue weighted by Crippen LogP contribution is -2.27. The fourth-order valence-corrected chi connectivity index (χ4v) is 2.92. The normalized spacial score (nSPS) is 13.1. The Bertz CT molecular complexity index is 1010. The fourth-order valence-electron chi connectivity index (χ4n) is 2.92. The van der Waals surface area contributed by atoms with Crippen molar-refractivity contribution in [3.63, 3.8) is 0 Å². The van der Waals surface area contributed by atoms with Crippen LogP contribution in [0.2, 0.25) is 0 Å². The fraction of sp³-hybridized carbons (Fsp3) is 0.111. The zero-order valence-electron chi connectivity index (χ0n) is 13.8. The lowest BCUT2D eigenvalue weighted by atomic mass is 10.1. The van der Waals surface area contributed by atoms with Gasteiger partial charge in [-0.1, -0.05) is 24.8 Å². The van der Waals surface area contributed by atoms with Gasteiger partial charge in [0.1, 0.15) is 17.4 Å². The summed E-state index contributed by atoms with van der Waals surface area (Å²) in [5.74, 6) is 0.942. The quantitative estimate of drug-likeness (QED) is 0.696. The molecule has 1 aliphatic rings. The number of aromatic nitrogens is 4. The number of fused-ring (bicyclic) bond motifs is 1. The van der Waals surface area contributed by atoms with E-state index >= 15 is 0 Å². The summed E-state index contributed by atoms with van der Waals surface area (Å²) in [6.45, 7) is 3.84. The third-order valence-corrected chi connectivity index (χ3v) is 4.20. The van der Waals surface area contributed by atoms with Gasteiger partial charge in [0.15, 0.2) is 0 Å². The Morgan fingerprint density at radius 3 is 2.88 bits per heavy atom. The van der Waals surface area contributed by atoms with Crippen LogP contribution >= 0.6 is 0 Å². The second-order valence-electron chi connectivity index (χ2n) is 5.97. The molecule has 8 heteroatoms. The maximum absolute atomic E-state index is 12.5. The van der Waals surface area contributed by atoms with Gasteiger partial charge in [-0.25, -0.2) is 4.68 Å². The van der Waals surface area contributed by atoms with Gasteiger partial charge in [-0.15, -0.1) is 0 Å². The minimum Gasteiger partial charge on any atom is -0.508 e. The predicted molar refractivity (Wildman–Crippen MR) is 96.6 cm³/mol. The van der Waals surface area contributed by atoms with Crippen molar-refractivity contribution in [3.05, 3.63) is 66.0 Å². The van der Waals surface area contributed by atoms with Gasteiger partial charge in [0.2, 0.25) is 5.91 Å². The molecular weight excluding hydrogens is 332 g/mol. The van der Waals surface area contributed by atoms with Crippen LogP contribution in [0.5, 0.6) is 0 Å². The molecule has 0 saturated carbocycles. The predicted octanol–water partition coefficient (Wildman–Crippen LogP) is 1.86. The highest BCUT2D eigenvalue weighted by molar-refractivity contribution is 6.01. The summed E-state index contributed by atoms with van der Waals surface area (Å²) in [5.41, 5.74) is 8.11. The molecule has 130 valence electrons. The van der Waals surface area contributed by atoms with E-state index < -0.39 is 0 Å². The van der Waals surface area contributed by atoms with Gasteiger partial charge in [-0.3, -0.25) is 9.69 Å². The third kappa shape index (κ3) is 2.67. The molecule has 4 rings (SSSR count). The number of hydrogen-bond donors (Lipinski definition) is 2. The molecule has 0 saturated heterocycles. The minimum absolute atomic E-state index is 0.0208. The third-order valence-electron chi connectivity index (χ3n) is 4.20.